The molecule has 1 aliphatic rings. The molecule has 3 N–H and O–H groups in total. The first-order valence-electron chi connectivity index (χ1n) is 3.99. The van der Waals surface area contributed by atoms with E-state index in [1.54, 1.807) is 0 Å². The number of hydrogen-bond acceptors (Lipinski definition) is 3. The van der Waals surface area contributed by atoms with Crippen LogP contribution in [0.25, 0.3) is 0 Å². The van der Waals surface area contributed by atoms with E-state index in [1.807, 2.05) is 6.92 Å². The van der Waals surface area contributed by atoms with Gasteiger partial charge >= 0.3 is 0 Å². The normalized spacial score (nSPS) is 26.9. The van der Waals surface area contributed by atoms with Gasteiger partial charge in [-0.25, -0.2) is 0 Å². The van der Waals surface area contributed by atoms with Gasteiger partial charge in [0.15, 0.2) is 0 Å². The second kappa shape index (κ2) is 3.85. The third-order valence-corrected chi connectivity index (χ3v) is 2.05. The fourth-order valence-electron chi connectivity index (χ4n) is 1.43. The molecule has 1 heterocycles. The molecule has 3 nitrogen and oxygen atoms in total. The third-order valence-electron chi connectivity index (χ3n) is 2.05. The van der Waals surface area contributed by atoms with Gasteiger partial charge in [0, 0.05) is 6.61 Å². The van der Waals surface area contributed by atoms with Gasteiger partial charge in [-0.1, -0.05) is 12.2 Å². The van der Waals surface area contributed by atoms with Crippen molar-refractivity contribution in [3.63, 3.8) is 0 Å². The Kier molecular flexibility index (Phi) is 3.05. The zero-order valence-corrected chi connectivity index (χ0v) is 6.97. The van der Waals surface area contributed by atoms with Crippen LogP contribution in [0, 0.1) is 0 Å². The zero-order chi connectivity index (χ0) is 8.27. The van der Waals surface area contributed by atoms with Crippen molar-refractivity contribution < 1.29 is 4.74 Å². The van der Waals surface area contributed by atoms with E-state index in [4.69, 9.17) is 10.6 Å². The van der Waals surface area contributed by atoms with Crippen molar-refractivity contribution in [3.8, 4) is 0 Å². The number of hydrogen-bond donors (Lipinski definition) is 2. The molecule has 1 aliphatic heterocycles. The van der Waals surface area contributed by atoms with E-state index in [2.05, 4.69) is 12.0 Å². The Hall–Kier alpha value is -0.380. The summed E-state index contributed by atoms with van der Waals surface area (Å²) in [5, 5.41) is 0. The molecule has 0 aromatic carbocycles. The van der Waals surface area contributed by atoms with Crippen LogP contribution in [0.1, 0.15) is 19.8 Å². The Balaban J connectivity index is 2.46. The highest BCUT2D eigenvalue weighted by Crippen LogP contribution is 2.18. The molecule has 0 bridgehead atoms. The van der Waals surface area contributed by atoms with Gasteiger partial charge in [0.05, 0.1) is 12.1 Å². The molecule has 3 heteroatoms. The minimum atomic E-state index is 0.123. The predicted molar refractivity (Wildman–Crippen MR) is 44.9 cm³/mol. The molecule has 1 rings (SSSR count). The summed E-state index contributed by atoms with van der Waals surface area (Å²) >= 11 is 0. The van der Waals surface area contributed by atoms with Gasteiger partial charge in [-0.3, -0.25) is 11.3 Å². The third kappa shape index (κ3) is 2.02. The summed E-state index contributed by atoms with van der Waals surface area (Å²) in [6.45, 7) is 6.67. The van der Waals surface area contributed by atoms with E-state index in [-0.39, 0.29) is 12.1 Å². The summed E-state index contributed by atoms with van der Waals surface area (Å²) in [6, 6.07) is 0.123. The molecular formula is C8H16N2O. The van der Waals surface area contributed by atoms with Crippen LogP contribution < -0.4 is 11.3 Å². The van der Waals surface area contributed by atoms with Crippen molar-refractivity contribution in [1.29, 1.82) is 0 Å². The zero-order valence-electron chi connectivity index (χ0n) is 6.97. The molecule has 0 radical (unpaired) electrons. The molecule has 1 fully saturated rings. The largest absolute Gasteiger partial charge is 0.376 e. The molecular weight excluding hydrogens is 140 g/mol. The first-order valence-corrected chi connectivity index (χ1v) is 3.99. The Labute approximate surface area is 67.6 Å². The first kappa shape index (κ1) is 8.71. The molecule has 1 saturated heterocycles. The summed E-state index contributed by atoms with van der Waals surface area (Å²) < 4.78 is 5.46. The van der Waals surface area contributed by atoms with Crippen LogP contribution in [-0.4, -0.2) is 18.8 Å². The van der Waals surface area contributed by atoms with Crippen molar-refractivity contribution in [1.82, 2.24) is 5.43 Å². The molecule has 2 atom stereocenters. The number of rotatable bonds is 3. The van der Waals surface area contributed by atoms with E-state index in [0.29, 0.717) is 0 Å². The Morgan fingerprint density at radius 3 is 2.91 bits per heavy atom. The van der Waals surface area contributed by atoms with Crippen molar-refractivity contribution in [2.45, 2.75) is 31.9 Å². The smallest absolute Gasteiger partial charge is 0.0780 e. The lowest BCUT2D eigenvalue weighted by Crippen LogP contribution is -2.44. The van der Waals surface area contributed by atoms with Crippen LogP contribution in [0.3, 0.4) is 0 Å². The van der Waals surface area contributed by atoms with Gasteiger partial charge in [-0.05, 0) is 19.8 Å². The second-order valence-corrected chi connectivity index (χ2v) is 3.04. The average Bonchev–Trinajstić information content (AvgIpc) is 2.40. The van der Waals surface area contributed by atoms with E-state index >= 15 is 0 Å². The van der Waals surface area contributed by atoms with Crippen LogP contribution in [0.15, 0.2) is 12.2 Å². The highest BCUT2D eigenvalue weighted by Gasteiger charge is 2.24. The maximum atomic E-state index is 5.46. The van der Waals surface area contributed by atoms with Crippen LogP contribution in [0.4, 0.5) is 0 Å². The van der Waals surface area contributed by atoms with E-state index in [0.717, 1.165) is 25.0 Å². The summed E-state index contributed by atoms with van der Waals surface area (Å²) in [5.74, 6) is 5.36. The van der Waals surface area contributed by atoms with Gasteiger partial charge < -0.3 is 4.74 Å². The SMILES string of the molecule is C=C(C)C(NN)C1CCCO1. The topological polar surface area (TPSA) is 47.3 Å². The fourth-order valence-corrected chi connectivity index (χ4v) is 1.43. The summed E-state index contributed by atoms with van der Waals surface area (Å²) in [6.07, 6.45) is 2.45. The molecule has 0 aliphatic carbocycles. The number of hydrazine groups is 1. The lowest BCUT2D eigenvalue weighted by atomic mass is 10.0. The van der Waals surface area contributed by atoms with Crippen LogP contribution >= 0.6 is 0 Å². The number of ether oxygens (including phenoxy) is 1. The Morgan fingerprint density at radius 1 is 1.82 bits per heavy atom. The fraction of sp³-hybridized carbons (Fsp3) is 0.750. The van der Waals surface area contributed by atoms with Gasteiger partial charge in [-0.2, -0.15) is 0 Å². The molecule has 0 aromatic rings. The second-order valence-electron chi connectivity index (χ2n) is 3.04. The summed E-state index contributed by atoms with van der Waals surface area (Å²) in [5.41, 5.74) is 3.76. The molecule has 2 unspecified atom stereocenters. The van der Waals surface area contributed by atoms with Gasteiger partial charge in [0.1, 0.15) is 0 Å². The lowest BCUT2D eigenvalue weighted by molar-refractivity contribution is 0.0887. The summed E-state index contributed by atoms with van der Waals surface area (Å²) in [7, 11) is 0. The minimum Gasteiger partial charge on any atom is -0.376 e. The highest BCUT2D eigenvalue weighted by molar-refractivity contribution is 5.05. The van der Waals surface area contributed by atoms with Crippen molar-refractivity contribution in [3.05, 3.63) is 12.2 Å². The van der Waals surface area contributed by atoms with Crippen molar-refractivity contribution in [2.24, 2.45) is 5.84 Å². The van der Waals surface area contributed by atoms with E-state index < -0.39 is 0 Å². The first-order chi connectivity index (χ1) is 5.25. The van der Waals surface area contributed by atoms with Gasteiger partial charge in [0.2, 0.25) is 0 Å². The quantitative estimate of drug-likeness (QED) is 0.357. The number of nitrogens with two attached hydrogens (primary N) is 1. The maximum Gasteiger partial charge on any atom is 0.0780 e. The average molecular weight is 156 g/mol. The van der Waals surface area contributed by atoms with Crippen LogP contribution in [-0.2, 0) is 4.74 Å². The van der Waals surface area contributed by atoms with Crippen LogP contribution in [0.5, 0.6) is 0 Å². The van der Waals surface area contributed by atoms with E-state index in [1.165, 1.54) is 0 Å². The Morgan fingerprint density at radius 2 is 2.55 bits per heavy atom. The monoisotopic (exact) mass is 156 g/mol. The predicted octanol–water partition coefficient (Wildman–Crippen LogP) is 0.573. The van der Waals surface area contributed by atoms with Gasteiger partial charge in [0.25, 0.3) is 0 Å². The van der Waals surface area contributed by atoms with Crippen molar-refractivity contribution >= 4 is 0 Å². The Bertz CT molecular complexity index is 141. The maximum absolute atomic E-state index is 5.46. The minimum absolute atomic E-state index is 0.123. The number of nitrogens with one attached hydrogen (secondary N) is 1. The highest BCUT2D eigenvalue weighted by atomic mass is 16.5. The van der Waals surface area contributed by atoms with Crippen LogP contribution in [0.2, 0.25) is 0 Å². The van der Waals surface area contributed by atoms with Gasteiger partial charge in [-0.15, -0.1) is 0 Å². The van der Waals surface area contributed by atoms with E-state index in [9.17, 15) is 0 Å². The molecule has 0 spiro atoms. The van der Waals surface area contributed by atoms with Crippen molar-refractivity contribution in [2.75, 3.05) is 6.61 Å². The molecule has 0 aromatic heterocycles. The molecule has 64 valence electrons. The molecule has 11 heavy (non-hydrogen) atoms. The summed E-state index contributed by atoms with van der Waals surface area (Å²) in [4.78, 5) is 0. The molecule has 0 saturated carbocycles. The standard InChI is InChI=1S/C8H16N2O/c1-6(2)8(10-9)7-4-3-5-11-7/h7-8,10H,1,3-5,9H2,2H3. The molecule has 0 amide bonds. The lowest BCUT2D eigenvalue weighted by Gasteiger charge is -2.21.